The molecule has 0 aromatic carbocycles. The van der Waals surface area contributed by atoms with Crippen LogP contribution in [0.3, 0.4) is 0 Å². The van der Waals surface area contributed by atoms with E-state index < -0.39 is 42.0 Å². The molecular weight excluding hydrogens is 707 g/mol. The van der Waals surface area contributed by atoms with E-state index in [1.165, 1.54) is 29.6 Å². The van der Waals surface area contributed by atoms with Crippen LogP contribution in [0.2, 0.25) is 0 Å². The molecule has 1 fully saturated rings. The number of esters is 1. The monoisotopic (exact) mass is 761 g/mol. The second kappa shape index (κ2) is 19.1. The number of rotatable bonds is 17. The number of hydrogen-bond acceptors (Lipinski definition) is 11. The number of carboxylic acids is 1. The highest BCUT2D eigenvalue weighted by Gasteiger charge is 2.39. The van der Waals surface area contributed by atoms with Crippen molar-refractivity contribution in [2.75, 3.05) is 33.9 Å². The Bertz CT molecular complexity index is 1550. The summed E-state index contributed by atoms with van der Waals surface area (Å²) < 4.78 is 11.2. The lowest BCUT2D eigenvalue weighted by Gasteiger charge is -2.40. The van der Waals surface area contributed by atoms with Crippen LogP contribution in [0, 0.1) is 11.8 Å². The minimum absolute atomic E-state index is 0.0880. The van der Waals surface area contributed by atoms with Crippen molar-refractivity contribution in [2.24, 2.45) is 11.8 Å². The van der Waals surface area contributed by atoms with Crippen LogP contribution >= 0.6 is 22.7 Å². The number of carboxylic acid groups (broad SMARTS) is 1. The Morgan fingerprint density at radius 1 is 1.15 bits per heavy atom. The molecule has 1 aliphatic heterocycles. The first-order valence-electron chi connectivity index (χ1n) is 18.3. The van der Waals surface area contributed by atoms with Gasteiger partial charge in [0.15, 0.2) is 6.10 Å². The number of likely N-dealkylation sites (N-methyl/N-ethyl adjacent to an activating group) is 1. The number of carbonyl (C=O) groups excluding carboxylic acids is 4. The zero-order valence-electron chi connectivity index (χ0n) is 31.4. The lowest BCUT2D eigenvalue weighted by atomic mass is 9.84. The third-order valence-electron chi connectivity index (χ3n) is 10.4. The SMILES string of the molecule is CCC(C)C(NC(=O)C1CCCCN1C)C(=O)N(CCOC)[C@H](C[C@@H](OC(C)=O)c1nc(C(=O)N[C@H]2Cc3sccc3[C@H](C(=O)O)C2)cs1)C(C)C. The molecule has 0 radical (unpaired) electrons. The first kappa shape index (κ1) is 41.4. The Morgan fingerprint density at radius 3 is 2.54 bits per heavy atom. The smallest absolute Gasteiger partial charge is 0.311 e. The van der Waals surface area contributed by atoms with Gasteiger partial charge in [-0.3, -0.25) is 28.9 Å². The number of piperidine rings is 1. The van der Waals surface area contributed by atoms with Crippen LogP contribution in [0.4, 0.5) is 0 Å². The van der Waals surface area contributed by atoms with Crippen molar-refractivity contribution in [2.45, 2.75) is 116 Å². The van der Waals surface area contributed by atoms with Crippen molar-refractivity contribution in [3.63, 3.8) is 0 Å². The minimum Gasteiger partial charge on any atom is -0.481 e. The van der Waals surface area contributed by atoms with Gasteiger partial charge < -0.3 is 30.1 Å². The summed E-state index contributed by atoms with van der Waals surface area (Å²) in [4.78, 5) is 75.3. The molecule has 3 amide bonds. The number of amides is 3. The van der Waals surface area contributed by atoms with E-state index in [0.717, 1.165) is 36.2 Å². The minimum atomic E-state index is -0.925. The van der Waals surface area contributed by atoms with Crippen LogP contribution in [0.1, 0.15) is 111 Å². The standard InChI is InChI=1S/C37H55N5O8S2/c1-8-22(4)32(40-34(45)28-11-9-10-13-41(28)6)36(46)42(14-15-49-7)29(21(2)3)19-30(50-23(5)43)35-39-27(20-52-35)33(44)38-24-17-26(37(47)48)25-12-16-51-31(25)18-24/h12,16,20-22,24,26,28-30,32H,8-11,13-15,17-19H2,1-7H3,(H,38,44)(H,40,45)(H,47,48)/t22?,24-,26-,28?,29-,30-,32?/m1/s1. The predicted molar refractivity (Wildman–Crippen MR) is 199 cm³/mol. The van der Waals surface area contributed by atoms with Crippen molar-refractivity contribution in [3.05, 3.63) is 38.0 Å². The molecule has 3 unspecified atom stereocenters. The maximum atomic E-state index is 14.6. The molecule has 0 saturated carbocycles. The van der Waals surface area contributed by atoms with Gasteiger partial charge in [-0.05, 0) is 61.7 Å². The Balaban J connectivity index is 1.56. The molecule has 52 heavy (non-hydrogen) atoms. The van der Waals surface area contributed by atoms with Gasteiger partial charge in [-0.25, -0.2) is 4.98 Å². The van der Waals surface area contributed by atoms with Crippen LogP contribution in [-0.2, 0) is 35.1 Å². The third kappa shape index (κ3) is 10.4. The molecule has 0 spiro atoms. The molecule has 2 aliphatic rings. The zero-order valence-corrected chi connectivity index (χ0v) is 33.0. The molecular formula is C37H55N5O8S2. The van der Waals surface area contributed by atoms with Crippen molar-refractivity contribution in [1.29, 1.82) is 0 Å². The molecule has 2 aromatic rings. The summed E-state index contributed by atoms with van der Waals surface area (Å²) in [5.74, 6) is -3.20. The maximum absolute atomic E-state index is 14.6. The lowest BCUT2D eigenvalue weighted by Crippen LogP contribution is -2.59. The number of methoxy groups -OCH3 is 1. The number of likely N-dealkylation sites (tertiary alicyclic amines) is 1. The average Bonchev–Trinajstić information content (AvgIpc) is 3.79. The number of thiophene rings is 1. The summed E-state index contributed by atoms with van der Waals surface area (Å²) in [6.45, 7) is 10.6. The molecule has 3 N–H and O–H groups in total. The van der Waals surface area contributed by atoms with E-state index >= 15 is 0 Å². The molecule has 15 heteroatoms. The molecule has 0 bridgehead atoms. The fourth-order valence-corrected chi connectivity index (χ4v) is 9.08. The Hall–Kier alpha value is -3.40. The highest BCUT2D eigenvalue weighted by atomic mass is 32.1. The van der Waals surface area contributed by atoms with E-state index in [-0.39, 0.29) is 67.4 Å². The summed E-state index contributed by atoms with van der Waals surface area (Å²) in [5, 5.41) is 19.8. The number of nitrogens with one attached hydrogen (secondary N) is 2. The van der Waals surface area contributed by atoms with E-state index in [9.17, 15) is 29.1 Å². The van der Waals surface area contributed by atoms with E-state index in [1.807, 2.05) is 51.1 Å². The fourth-order valence-electron chi connectivity index (χ4n) is 7.21. The first-order chi connectivity index (χ1) is 24.7. The van der Waals surface area contributed by atoms with Gasteiger partial charge in [-0.1, -0.05) is 40.5 Å². The van der Waals surface area contributed by atoms with Crippen LogP contribution in [0.25, 0.3) is 0 Å². The Kier molecular flexibility index (Phi) is 15.2. The fraction of sp³-hybridized carbons (Fsp3) is 0.676. The summed E-state index contributed by atoms with van der Waals surface area (Å²) >= 11 is 2.67. The summed E-state index contributed by atoms with van der Waals surface area (Å²) in [7, 11) is 3.51. The number of thiazole rings is 1. The largest absolute Gasteiger partial charge is 0.481 e. The third-order valence-corrected chi connectivity index (χ3v) is 12.3. The highest BCUT2D eigenvalue weighted by Crippen LogP contribution is 2.36. The highest BCUT2D eigenvalue weighted by molar-refractivity contribution is 7.10. The van der Waals surface area contributed by atoms with Gasteiger partial charge in [-0.2, -0.15) is 0 Å². The quantitative estimate of drug-likeness (QED) is 0.194. The summed E-state index contributed by atoms with van der Waals surface area (Å²) in [5.41, 5.74) is 0.942. The van der Waals surface area contributed by atoms with E-state index in [0.29, 0.717) is 17.8 Å². The summed E-state index contributed by atoms with van der Waals surface area (Å²) in [6.07, 6.45) is 3.56. The van der Waals surface area contributed by atoms with Gasteiger partial charge in [0.2, 0.25) is 11.8 Å². The second-order valence-electron chi connectivity index (χ2n) is 14.4. The van der Waals surface area contributed by atoms with E-state index in [1.54, 1.807) is 17.4 Å². The van der Waals surface area contributed by atoms with Gasteiger partial charge in [0.05, 0.1) is 18.6 Å². The number of nitrogens with zero attached hydrogens (tertiary/aromatic N) is 3. The van der Waals surface area contributed by atoms with E-state index in [4.69, 9.17) is 9.47 Å². The molecule has 288 valence electrons. The molecule has 2 aromatic heterocycles. The molecule has 1 aliphatic carbocycles. The van der Waals surface area contributed by atoms with Crippen LogP contribution in [0.5, 0.6) is 0 Å². The molecule has 1 saturated heterocycles. The second-order valence-corrected chi connectivity index (χ2v) is 16.3. The van der Waals surface area contributed by atoms with Gasteiger partial charge in [0.1, 0.15) is 16.7 Å². The molecule has 13 nitrogen and oxygen atoms in total. The maximum Gasteiger partial charge on any atom is 0.311 e. The number of fused-ring (bicyclic) bond motifs is 1. The first-order valence-corrected chi connectivity index (χ1v) is 20.0. The topological polar surface area (TPSA) is 167 Å². The average molecular weight is 762 g/mol. The van der Waals surface area contributed by atoms with Gasteiger partial charge >= 0.3 is 11.9 Å². The van der Waals surface area contributed by atoms with Gasteiger partial charge in [0, 0.05) is 55.8 Å². The lowest BCUT2D eigenvalue weighted by molar-refractivity contribution is -0.150. The Labute approximate surface area is 314 Å². The Morgan fingerprint density at radius 2 is 1.90 bits per heavy atom. The van der Waals surface area contributed by atoms with Crippen molar-refractivity contribution < 1.29 is 38.6 Å². The number of aliphatic carboxylic acids is 1. The number of aromatic nitrogens is 1. The van der Waals surface area contributed by atoms with Crippen LogP contribution in [-0.4, -0.2) is 108 Å². The van der Waals surface area contributed by atoms with Crippen molar-refractivity contribution >= 4 is 52.3 Å². The predicted octanol–water partition coefficient (Wildman–Crippen LogP) is 4.63. The van der Waals surface area contributed by atoms with Gasteiger partial charge in [0.25, 0.3) is 5.91 Å². The van der Waals surface area contributed by atoms with Crippen molar-refractivity contribution in [1.82, 2.24) is 25.4 Å². The number of hydrogen-bond donors (Lipinski definition) is 3. The molecule has 7 atom stereocenters. The zero-order chi connectivity index (χ0) is 38.1. The molecule has 4 rings (SSSR count). The van der Waals surface area contributed by atoms with Crippen LogP contribution in [0.15, 0.2) is 16.8 Å². The van der Waals surface area contributed by atoms with Gasteiger partial charge in [-0.15, -0.1) is 22.7 Å². The van der Waals surface area contributed by atoms with Crippen molar-refractivity contribution in [3.8, 4) is 0 Å². The molecule has 3 heterocycles. The number of carbonyl (C=O) groups is 5. The van der Waals surface area contributed by atoms with Crippen LogP contribution < -0.4 is 10.6 Å². The van der Waals surface area contributed by atoms with E-state index in [2.05, 4.69) is 15.6 Å². The summed E-state index contributed by atoms with van der Waals surface area (Å²) in [6, 6.07) is -0.0411. The normalized spacial score (nSPS) is 21.3. The number of ether oxygens (including phenoxy) is 2.